The smallest absolute Gasteiger partial charge is 0.327 e. The Bertz CT molecular complexity index is 520. The van der Waals surface area contributed by atoms with Crippen LogP contribution in [0.3, 0.4) is 0 Å². The van der Waals surface area contributed by atoms with Crippen molar-refractivity contribution in [2.75, 3.05) is 12.8 Å². The molecule has 0 saturated carbocycles. The van der Waals surface area contributed by atoms with Crippen molar-refractivity contribution in [3.63, 3.8) is 0 Å². The molecule has 0 radical (unpaired) electrons. The van der Waals surface area contributed by atoms with Gasteiger partial charge in [-0.05, 0) is 13.8 Å². The molecule has 0 bridgehead atoms. The number of urea groups is 1. The van der Waals surface area contributed by atoms with E-state index in [0.29, 0.717) is 12.3 Å². The lowest BCUT2D eigenvalue weighted by Gasteiger charge is -2.29. The number of aliphatic carboxylic acids is 1. The van der Waals surface area contributed by atoms with Gasteiger partial charge in [-0.3, -0.25) is 4.90 Å². The first kappa shape index (κ1) is 15.1. The summed E-state index contributed by atoms with van der Waals surface area (Å²) in [5, 5.41) is 11.9. The molecule has 1 fully saturated rings. The van der Waals surface area contributed by atoms with E-state index in [-0.39, 0.29) is 11.4 Å². The molecular formula is C12H17N3O3S2. The van der Waals surface area contributed by atoms with E-state index in [2.05, 4.69) is 4.98 Å². The highest BCUT2D eigenvalue weighted by atomic mass is 32.2. The first-order chi connectivity index (χ1) is 9.40. The number of carbonyl (C=O) groups excluding carboxylic acids is 1. The second-order valence-electron chi connectivity index (χ2n) is 4.69. The van der Waals surface area contributed by atoms with E-state index in [1.54, 1.807) is 7.05 Å². The topological polar surface area (TPSA) is 73.7 Å². The maximum Gasteiger partial charge on any atom is 0.327 e. The molecule has 110 valence electrons. The molecule has 2 rings (SSSR count). The van der Waals surface area contributed by atoms with Gasteiger partial charge in [0.05, 0.1) is 22.6 Å². The maximum atomic E-state index is 12.4. The van der Waals surface area contributed by atoms with Gasteiger partial charge >= 0.3 is 12.0 Å². The number of thiazole rings is 1. The molecule has 6 nitrogen and oxygen atoms in total. The number of carboxylic acids is 1. The SMILES string of the molecule is Cc1nc(CN(C)C(=O)N2C(C)SCC2C(=O)O)cs1. The van der Waals surface area contributed by atoms with Crippen LogP contribution in [-0.2, 0) is 11.3 Å². The summed E-state index contributed by atoms with van der Waals surface area (Å²) >= 11 is 3.02. The Morgan fingerprint density at radius 3 is 2.85 bits per heavy atom. The van der Waals surface area contributed by atoms with Gasteiger partial charge in [-0.1, -0.05) is 0 Å². The van der Waals surface area contributed by atoms with E-state index in [9.17, 15) is 14.7 Å². The van der Waals surface area contributed by atoms with Crippen LogP contribution in [0.1, 0.15) is 17.6 Å². The van der Waals surface area contributed by atoms with Gasteiger partial charge in [0.2, 0.25) is 0 Å². The van der Waals surface area contributed by atoms with Crippen LogP contribution in [-0.4, -0.2) is 56.1 Å². The summed E-state index contributed by atoms with van der Waals surface area (Å²) in [5.74, 6) is -0.514. The summed E-state index contributed by atoms with van der Waals surface area (Å²) < 4.78 is 0. The van der Waals surface area contributed by atoms with Gasteiger partial charge in [0.25, 0.3) is 0 Å². The summed E-state index contributed by atoms with van der Waals surface area (Å²) in [6, 6.07) is -1.01. The molecule has 1 saturated heterocycles. The lowest BCUT2D eigenvalue weighted by molar-refractivity contribution is -0.141. The fourth-order valence-electron chi connectivity index (χ4n) is 2.11. The standard InChI is InChI=1S/C12H17N3O3S2/c1-7-13-9(5-19-7)4-14(3)12(18)15-8(2)20-6-10(15)11(16)17/h5,8,10H,4,6H2,1-3H3,(H,16,17). The van der Waals surface area contributed by atoms with Crippen molar-refractivity contribution in [3.05, 3.63) is 16.1 Å². The predicted octanol–water partition coefficient (Wildman–Crippen LogP) is 1.85. The number of thioether (sulfide) groups is 1. The highest BCUT2D eigenvalue weighted by Crippen LogP contribution is 2.29. The van der Waals surface area contributed by atoms with Crippen LogP contribution < -0.4 is 0 Å². The van der Waals surface area contributed by atoms with E-state index in [0.717, 1.165) is 10.7 Å². The Balaban J connectivity index is 2.07. The second kappa shape index (κ2) is 6.01. The van der Waals surface area contributed by atoms with E-state index >= 15 is 0 Å². The number of rotatable bonds is 3. The van der Waals surface area contributed by atoms with Gasteiger partial charge in [0, 0.05) is 18.2 Å². The van der Waals surface area contributed by atoms with Gasteiger partial charge in [0.15, 0.2) is 0 Å². The molecule has 0 aliphatic carbocycles. The molecular weight excluding hydrogens is 298 g/mol. The van der Waals surface area contributed by atoms with Crippen molar-refractivity contribution in [1.29, 1.82) is 0 Å². The lowest BCUT2D eigenvalue weighted by atomic mass is 10.3. The zero-order valence-corrected chi connectivity index (χ0v) is 13.2. The number of nitrogens with zero attached hydrogens (tertiary/aromatic N) is 3. The third kappa shape index (κ3) is 3.06. The van der Waals surface area contributed by atoms with Crippen LogP contribution >= 0.6 is 23.1 Å². The molecule has 2 heterocycles. The number of carboxylic acid groups (broad SMARTS) is 1. The zero-order valence-electron chi connectivity index (χ0n) is 11.6. The van der Waals surface area contributed by atoms with Gasteiger partial charge < -0.3 is 10.0 Å². The monoisotopic (exact) mass is 315 g/mol. The fourth-order valence-corrected chi connectivity index (χ4v) is 3.88. The molecule has 0 spiro atoms. The van der Waals surface area contributed by atoms with Crippen molar-refractivity contribution in [1.82, 2.24) is 14.8 Å². The summed E-state index contributed by atoms with van der Waals surface area (Å²) in [4.78, 5) is 30.9. The Kier molecular flexibility index (Phi) is 4.54. The third-order valence-corrected chi connectivity index (χ3v) is 5.16. The minimum absolute atomic E-state index is 0.122. The van der Waals surface area contributed by atoms with Crippen LogP contribution in [0.4, 0.5) is 4.79 Å². The number of carbonyl (C=O) groups is 2. The van der Waals surface area contributed by atoms with Crippen LogP contribution in [0.25, 0.3) is 0 Å². The Morgan fingerprint density at radius 1 is 1.60 bits per heavy atom. The van der Waals surface area contributed by atoms with Crippen LogP contribution in [0.15, 0.2) is 5.38 Å². The molecule has 20 heavy (non-hydrogen) atoms. The minimum Gasteiger partial charge on any atom is -0.480 e. The molecule has 2 amide bonds. The fraction of sp³-hybridized carbons (Fsp3) is 0.583. The van der Waals surface area contributed by atoms with E-state index < -0.39 is 12.0 Å². The predicted molar refractivity (Wildman–Crippen MR) is 78.9 cm³/mol. The van der Waals surface area contributed by atoms with Crippen LogP contribution in [0.2, 0.25) is 0 Å². The lowest BCUT2D eigenvalue weighted by Crippen LogP contribution is -2.49. The molecule has 1 aliphatic rings. The second-order valence-corrected chi connectivity index (χ2v) is 7.10. The van der Waals surface area contributed by atoms with Crippen molar-refractivity contribution >= 4 is 35.1 Å². The summed E-state index contributed by atoms with van der Waals surface area (Å²) in [5.41, 5.74) is 0.828. The minimum atomic E-state index is -0.951. The average molecular weight is 315 g/mol. The summed E-state index contributed by atoms with van der Waals surface area (Å²) in [7, 11) is 1.67. The number of aromatic nitrogens is 1. The van der Waals surface area contributed by atoms with E-state index in [1.807, 2.05) is 19.2 Å². The van der Waals surface area contributed by atoms with Gasteiger partial charge in [-0.25, -0.2) is 14.6 Å². The van der Waals surface area contributed by atoms with Gasteiger partial charge in [0.1, 0.15) is 6.04 Å². The van der Waals surface area contributed by atoms with Crippen molar-refractivity contribution < 1.29 is 14.7 Å². The van der Waals surface area contributed by atoms with E-state index in [1.165, 1.54) is 32.9 Å². The Labute approximate surface area is 125 Å². The molecule has 2 atom stereocenters. The molecule has 1 aliphatic heterocycles. The molecule has 8 heteroatoms. The molecule has 2 unspecified atom stereocenters. The van der Waals surface area contributed by atoms with Gasteiger partial charge in [-0.15, -0.1) is 23.1 Å². The first-order valence-electron chi connectivity index (χ1n) is 6.19. The molecule has 0 aromatic carbocycles. The van der Waals surface area contributed by atoms with Crippen molar-refractivity contribution in [2.24, 2.45) is 0 Å². The van der Waals surface area contributed by atoms with E-state index in [4.69, 9.17) is 0 Å². The quantitative estimate of drug-likeness (QED) is 0.921. The van der Waals surface area contributed by atoms with Crippen LogP contribution in [0, 0.1) is 6.92 Å². The number of hydrogen-bond acceptors (Lipinski definition) is 5. The van der Waals surface area contributed by atoms with Crippen molar-refractivity contribution in [3.8, 4) is 0 Å². The number of aryl methyl sites for hydroxylation is 1. The molecule has 1 aromatic rings. The highest BCUT2D eigenvalue weighted by molar-refractivity contribution is 8.00. The zero-order chi connectivity index (χ0) is 14.9. The largest absolute Gasteiger partial charge is 0.480 e. The highest BCUT2D eigenvalue weighted by Gasteiger charge is 2.40. The summed E-state index contributed by atoms with van der Waals surface area (Å²) in [6.07, 6.45) is 0. The van der Waals surface area contributed by atoms with Crippen molar-refractivity contribution in [2.45, 2.75) is 31.8 Å². The Morgan fingerprint density at radius 2 is 2.30 bits per heavy atom. The molecule has 1 N–H and O–H groups in total. The van der Waals surface area contributed by atoms with Crippen LogP contribution in [0.5, 0.6) is 0 Å². The number of amides is 2. The van der Waals surface area contributed by atoms with Gasteiger partial charge in [-0.2, -0.15) is 0 Å². The summed E-state index contributed by atoms with van der Waals surface area (Å²) in [6.45, 7) is 4.16. The third-order valence-electron chi connectivity index (χ3n) is 3.12. The normalized spacial score (nSPS) is 22.1. The average Bonchev–Trinajstić information content (AvgIpc) is 2.94. The number of hydrogen-bond donors (Lipinski definition) is 1. The maximum absolute atomic E-state index is 12.4. The first-order valence-corrected chi connectivity index (χ1v) is 8.12. The molecule has 1 aromatic heterocycles. The Hall–Kier alpha value is -1.28.